The van der Waals surface area contributed by atoms with Gasteiger partial charge in [0, 0.05) is 27.5 Å². The Morgan fingerprint density at radius 1 is 0.306 bits per heavy atom. The molecule has 0 unspecified atom stereocenters. The van der Waals surface area contributed by atoms with Crippen molar-refractivity contribution in [3.63, 3.8) is 0 Å². The van der Waals surface area contributed by atoms with Crippen molar-refractivity contribution >= 4 is 50.8 Å². The molecule has 11 aromatic rings. The van der Waals surface area contributed by atoms with Crippen molar-refractivity contribution in [1.29, 1.82) is 0 Å². The molecule has 0 radical (unpaired) electrons. The normalized spacial score (nSPS) is 12.6. The van der Waals surface area contributed by atoms with E-state index in [2.05, 4.69) is 212 Å². The van der Waals surface area contributed by atoms with Crippen molar-refractivity contribution in [3.8, 4) is 67.3 Å². The maximum Gasteiger partial charge on any atom is 0.180 e. The van der Waals surface area contributed by atoms with Gasteiger partial charge in [-0.1, -0.05) is 188 Å². The Morgan fingerprint density at radius 2 is 0.806 bits per heavy atom. The van der Waals surface area contributed by atoms with Gasteiger partial charge < -0.3 is 4.42 Å². The largest absolute Gasteiger partial charge is 0.456 e. The van der Waals surface area contributed by atoms with Gasteiger partial charge in [0.1, 0.15) is 11.2 Å². The van der Waals surface area contributed by atoms with Gasteiger partial charge in [-0.25, -0.2) is 9.97 Å². The van der Waals surface area contributed by atoms with E-state index < -0.39 is 8.07 Å². The number of aromatic nitrogens is 2. The fourth-order valence-corrected chi connectivity index (χ4v) is 14.9. The minimum absolute atomic E-state index is 0.689. The third kappa shape index (κ3) is 5.87. The molecule has 0 spiro atoms. The molecule has 2 aromatic heterocycles. The maximum absolute atomic E-state index is 6.22. The highest BCUT2D eigenvalue weighted by Crippen LogP contribution is 2.38. The van der Waals surface area contributed by atoms with Crippen LogP contribution < -0.4 is 20.7 Å². The zero-order valence-corrected chi connectivity index (χ0v) is 34.7. The Kier molecular flexibility index (Phi) is 8.51. The summed E-state index contributed by atoms with van der Waals surface area (Å²) in [7, 11) is -2.62. The second-order valence-electron chi connectivity index (χ2n) is 16.1. The number of rotatable bonds is 7. The van der Waals surface area contributed by atoms with Gasteiger partial charge in [-0.2, -0.15) is 0 Å². The molecule has 62 heavy (non-hydrogen) atoms. The summed E-state index contributed by atoms with van der Waals surface area (Å²) >= 11 is 0. The number of benzene rings is 9. The first-order valence-corrected chi connectivity index (χ1v) is 23.1. The minimum Gasteiger partial charge on any atom is -0.456 e. The van der Waals surface area contributed by atoms with Crippen LogP contribution >= 0.6 is 0 Å². The molecule has 4 heteroatoms. The third-order valence-electron chi connectivity index (χ3n) is 12.6. The van der Waals surface area contributed by atoms with Crippen LogP contribution in [0.15, 0.2) is 235 Å². The molecule has 1 aliphatic heterocycles. The van der Waals surface area contributed by atoms with Crippen molar-refractivity contribution in [3.05, 3.63) is 231 Å². The van der Waals surface area contributed by atoms with Crippen LogP contribution in [0, 0.1) is 0 Å². The van der Waals surface area contributed by atoms with Crippen LogP contribution in [-0.2, 0) is 0 Å². The summed E-state index contributed by atoms with van der Waals surface area (Å²) in [6, 6.07) is 83.1. The number of para-hydroxylation sites is 1. The van der Waals surface area contributed by atoms with Crippen molar-refractivity contribution in [2.75, 3.05) is 0 Å². The smallest absolute Gasteiger partial charge is 0.180 e. The molecule has 0 atom stereocenters. The first kappa shape index (κ1) is 36.0. The van der Waals surface area contributed by atoms with Crippen LogP contribution in [0.25, 0.3) is 89.2 Å². The minimum atomic E-state index is -2.62. The maximum atomic E-state index is 6.22. The van der Waals surface area contributed by atoms with E-state index in [1.807, 2.05) is 18.2 Å². The zero-order chi connectivity index (χ0) is 41.0. The zero-order valence-electron chi connectivity index (χ0n) is 33.7. The van der Waals surface area contributed by atoms with Crippen LogP contribution in [0.4, 0.5) is 0 Å². The predicted octanol–water partition coefficient (Wildman–Crippen LogP) is 12.1. The van der Waals surface area contributed by atoms with Crippen molar-refractivity contribution in [1.82, 2.24) is 9.97 Å². The van der Waals surface area contributed by atoms with Gasteiger partial charge in [0.05, 0.1) is 11.4 Å². The first-order chi connectivity index (χ1) is 30.7. The number of hydrogen-bond donors (Lipinski definition) is 0. The van der Waals surface area contributed by atoms with Gasteiger partial charge in [0.2, 0.25) is 0 Å². The molecule has 0 saturated heterocycles. The van der Waals surface area contributed by atoms with Gasteiger partial charge in [-0.15, -0.1) is 0 Å². The van der Waals surface area contributed by atoms with Gasteiger partial charge in [0.25, 0.3) is 0 Å². The van der Waals surface area contributed by atoms with E-state index in [-0.39, 0.29) is 0 Å². The lowest BCUT2D eigenvalue weighted by molar-refractivity contribution is 0.669. The molecular formula is C58H38N2OSi. The second kappa shape index (κ2) is 14.7. The van der Waals surface area contributed by atoms with Gasteiger partial charge in [0.15, 0.2) is 13.9 Å². The van der Waals surface area contributed by atoms with Crippen LogP contribution in [0.1, 0.15) is 0 Å². The quantitative estimate of drug-likeness (QED) is 0.151. The van der Waals surface area contributed by atoms with E-state index in [4.69, 9.17) is 14.4 Å². The van der Waals surface area contributed by atoms with Crippen LogP contribution in [0.3, 0.4) is 0 Å². The number of nitrogens with zero attached hydrogens (tertiary/aromatic N) is 2. The molecule has 9 aromatic carbocycles. The lowest BCUT2D eigenvalue weighted by Crippen LogP contribution is -2.72. The number of fused-ring (bicyclic) bond motifs is 6. The standard InChI is InChI=1S/C58H38N2OSi/c1-4-16-39(17-5-1)43-34-44(42-30-33-55-51(37-42)48-22-10-13-25-54(48)61-55)36-45(35-43)53-38-52(59-58(60-53)41-18-6-2-7-19-41)40-28-31-47(32-29-40)62(46-20-8-3-9-21-46)56-26-14-11-23-49(56)50-24-12-15-27-57(50)62/h1-38H. The first-order valence-electron chi connectivity index (χ1n) is 21.1. The fraction of sp³-hybridized carbons (Fsp3) is 0. The van der Waals surface area contributed by atoms with Crippen LogP contribution in [-0.4, -0.2) is 18.0 Å². The molecule has 0 saturated carbocycles. The second-order valence-corrected chi connectivity index (χ2v) is 19.8. The summed E-state index contributed by atoms with van der Waals surface area (Å²) in [6.07, 6.45) is 0. The van der Waals surface area contributed by atoms with E-state index in [9.17, 15) is 0 Å². The van der Waals surface area contributed by atoms with Crippen molar-refractivity contribution in [2.24, 2.45) is 0 Å². The SMILES string of the molecule is c1ccc(-c2cc(-c3ccc4oc5ccccc5c4c3)cc(-c3cc(-c4ccc([Si]5(c6ccccc6)c6ccccc6-c6ccccc65)cc4)nc(-c4ccccc4)n3)c2)cc1. The lowest BCUT2D eigenvalue weighted by atomic mass is 9.94. The van der Waals surface area contributed by atoms with Crippen LogP contribution in [0.2, 0.25) is 0 Å². The highest BCUT2D eigenvalue weighted by atomic mass is 28.3. The van der Waals surface area contributed by atoms with E-state index in [1.54, 1.807) is 0 Å². The fourth-order valence-electron chi connectivity index (χ4n) is 9.71. The molecule has 0 bridgehead atoms. The summed E-state index contributed by atoms with van der Waals surface area (Å²) in [6.45, 7) is 0. The Labute approximate surface area is 361 Å². The summed E-state index contributed by atoms with van der Waals surface area (Å²) in [5.74, 6) is 0.689. The Morgan fingerprint density at radius 3 is 1.50 bits per heavy atom. The molecular weight excluding hydrogens is 769 g/mol. The molecule has 0 N–H and O–H groups in total. The molecule has 0 fully saturated rings. The number of hydrogen-bond acceptors (Lipinski definition) is 3. The monoisotopic (exact) mass is 806 g/mol. The summed E-state index contributed by atoms with van der Waals surface area (Å²) in [4.78, 5) is 10.6. The third-order valence-corrected chi connectivity index (χ3v) is 17.5. The average molecular weight is 807 g/mol. The molecule has 0 amide bonds. The predicted molar refractivity (Wildman–Crippen MR) is 259 cm³/mol. The lowest BCUT2D eigenvalue weighted by Gasteiger charge is -2.31. The van der Waals surface area contributed by atoms with Crippen LogP contribution in [0.5, 0.6) is 0 Å². The van der Waals surface area contributed by atoms with E-state index in [0.29, 0.717) is 5.82 Å². The van der Waals surface area contributed by atoms with E-state index in [0.717, 1.165) is 72.3 Å². The molecule has 3 heterocycles. The van der Waals surface area contributed by atoms with Gasteiger partial charge in [-0.05, 0) is 96.6 Å². The van der Waals surface area contributed by atoms with Crippen molar-refractivity contribution in [2.45, 2.75) is 0 Å². The number of furan rings is 1. The Bertz CT molecular complexity index is 3410. The Hall–Kier alpha value is -7.92. The molecule has 12 rings (SSSR count). The van der Waals surface area contributed by atoms with Gasteiger partial charge >= 0.3 is 0 Å². The molecule has 3 nitrogen and oxygen atoms in total. The molecule has 0 aliphatic carbocycles. The highest BCUT2D eigenvalue weighted by molar-refractivity contribution is 7.22. The summed E-state index contributed by atoms with van der Waals surface area (Å²) in [5, 5.41) is 7.82. The van der Waals surface area contributed by atoms with E-state index in [1.165, 1.54) is 31.9 Å². The van der Waals surface area contributed by atoms with Gasteiger partial charge in [-0.3, -0.25) is 0 Å². The summed E-state index contributed by atoms with van der Waals surface area (Å²) in [5.41, 5.74) is 13.7. The molecule has 290 valence electrons. The summed E-state index contributed by atoms with van der Waals surface area (Å²) < 4.78 is 6.22. The topological polar surface area (TPSA) is 38.9 Å². The highest BCUT2D eigenvalue weighted by Gasteiger charge is 2.48. The van der Waals surface area contributed by atoms with Crippen molar-refractivity contribution < 1.29 is 4.42 Å². The Balaban J connectivity index is 1.03. The average Bonchev–Trinajstić information content (AvgIpc) is 3.88. The van der Waals surface area contributed by atoms with E-state index >= 15 is 0 Å². The molecule has 1 aliphatic rings.